The smallest absolute Gasteiger partial charge is 0.294 e. The number of carbonyl (C=O) groups excluding carboxylic acids is 2. The fourth-order valence-electron chi connectivity index (χ4n) is 4.54. The number of carbonyl (C=O) groups is 2. The van der Waals surface area contributed by atoms with Gasteiger partial charge in [-0.15, -0.1) is 0 Å². The van der Waals surface area contributed by atoms with E-state index in [1.807, 2.05) is 0 Å². The highest BCUT2D eigenvalue weighted by molar-refractivity contribution is 6.34. The normalized spacial score (nSPS) is 17.2. The highest BCUT2D eigenvalue weighted by atomic mass is 35.5. The molecule has 1 aliphatic carbocycles. The van der Waals surface area contributed by atoms with Crippen molar-refractivity contribution in [1.82, 2.24) is 24.9 Å². The summed E-state index contributed by atoms with van der Waals surface area (Å²) in [7, 11) is 0. The maximum absolute atomic E-state index is 13.6. The van der Waals surface area contributed by atoms with Gasteiger partial charge in [0, 0.05) is 6.20 Å². The third-order valence-corrected chi connectivity index (χ3v) is 6.26. The van der Waals surface area contributed by atoms with Crippen LogP contribution in [0.25, 0.3) is 11.0 Å². The minimum atomic E-state index is -1.01. The molecule has 32 heavy (non-hydrogen) atoms. The molecule has 3 aromatic rings. The molecule has 1 saturated carbocycles. The van der Waals surface area contributed by atoms with Crippen LogP contribution in [0.3, 0.4) is 0 Å². The van der Waals surface area contributed by atoms with Gasteiger partial charge in [0.2, 0.25) is 0 Å². The zero-order valence-corrected chi connectivity index (χ0v) is 17.8. The lowest BCUT2D eigenvalue weighted by Gasteiger charge is -2.49. The highest BCUT2D eigenvalue weighted by Gasteiger charge is 2.48. The SMILES string of the molecule is C=CC(=O)N1n2c(c(Cl)cc(Nc3ncnc4[nH]ccc34)c2=O)C(=O)NC12CCCCC2. The Kier molecular flexibility index (Phi) is 4.74. The predicted molar refractivity (Wildman–Crippen MR) is 120 cm³/mol. The van der Waals surface area contributed by atoms with Gasteiger partial charge in [0.25, 0.3) is 17.4 Å². The van der Waals surface area contributed by atoms with Crippen molar-refractivity contribution in [3.05, 3.63) is 58.4 Å². The Hall–Kier alpha value is -3.66. The van der Waals surface area contributed by atoms with Gasteiger partial charge in [0.1, 0.15) is 29.1 Å². The summed E-state index contributed by atoms with van der Waals surface area (Å²) < 4.78 is 1.08. The van der Waals surface area contributed by atoms with Crippen LogP contribution in [0, 0.1) is 0 Å². The average molecular weight is 454 g/mol. The van der Waals surface area contributed by atoms with Crippen molar-refractivity contribution in [2.24, 2.45) is 0 Å². The molecule has 10 nitrogen and oxygen atoms in total. The van der Waals surface area contributed by atoms with Crippen molar-refractivity contribution in [1.29, 1.82) is 0 Å². The van der Waals surface area contributed by atoms with E-state index >= 15 is 0 Å². The quantitative estimate of drug-likeness (QED) is 0.523. The second-order valence-corrected chi connectivity index (χ2v) is 8.27. The Balaban J connectivity index is 1.70. The molecule has 1 fully saturated rings. The number of nitrogens with one attached hydrogen (secondary N) is 3. The van der Waals surface area contributed by atoms with Crippen LogP contribution in [0.1, 0.15) is 42.6 Å². The summed E-state index contributed by atoms with van der Waals surface area (Å²) in [5, 5.41) is 7.92. The van der Waals surface area contributed by atoms with Gasteiger partial charge in [0.15, 0.2) is 5.69 Å². The van der Waals surface area contributed by atoms with Gasteiger partial charge in [-0.3, -0.25) is 14.4 Å². The Morgan fingerprint density at radius 2 is 2.03 bits per heavy atom. The summed E-state index contributed by atoms with van der Waals surface area (Å²) in [4.78, 5) is 51.0. The number of pyridine rings is 1. The molecule has 164 valence electrons. The number of fused-ring (bicyclic) bond motifs is 2. The number of aromatic nitrogens is 4. The summed E-state index contributed by atoms with van der Waals surface area (Å²) in [6, 6.07) is 3.14. The third-order valence-electron chi connectivity index (χ3n) is 5.97. The minimum absolute atomic E-state index is 0.0245. The van der Waals surface area contributed by atoms with Crippen molar-refractivity contribution < 1.29 is 9.59 Å². The van der Waals surface area contributed by atoms with E-state index in [-0.39, 0.29) is 16.4 Å². The number of H-pyrrole nitrogens is 1. The Bertz CT molecular complexity index is 1320. The molecule has 11 heteroatoms. The van der Waals surface area contributed by atoms with Gasteiger partial charge >= 0.3 is 0 Å². The monoisotopic (exact) mass is 453 g/mol. The van der Waals surface area contributed by atoms with Gasteiger partial charge in [-0.05, 0) is 43.9 Å². The molecule has 0 unspecified atom stereocenters. The van der Waals surface area contributed by atoms with Crippen LogP contribution in [0.15, 0.2) is 42.1 Å². The first-order chi connectivity index (χ1) is 15.4. The van der Waals surface area contributed by atoms with E-state index in [0.717, 1.165) is 30.0 Å². The first kappa shape index (κ1) is 20.3. The molecule has 0 bridgehead atoms. The number of nitrogens with zero attached hydrogens (tertiary/aromatic N) is 4. The maximum atomic E-state index is 13.6. The van der Waals surface area contributed by atoms with Crippen LogP contribution >= 0.6 is 11.6 Å². The second kappa shape index (κ2) is 7.49. The number of amides is 2. The van der Waals surface area contributed by atoms with Gasteiger partial charge in [-0.1, -0.05) is 24.6 Å². The second-order valence-electron chi connectivity index (χ2n) is 7.86. The van der Waals surface area contributed by atoms with Crippen LogP contribution in [0.4, 0.5) is 11.5 Å². The first-order valence-electron chi connectivity index (χ1n) is 10.3. The summed E-state index contributed by atoms with van der Waals surface area (Å²) in [5.74, 6) is -0.610. The van der Waals surface area contributed by atoms with Gasteiger partial charge in [-0.2, -0.15) is 0 Å². The zero-order valence-electron chi connectivity index (χ0n) is 17.0. The van der Waals surface area contributed by atoms with Crippen LogP contribution in [0.5, 0.6) is 0 Å². The Labute approximate surface area is 187 Å². The molecule has 1 spiro atoms. The third kappa shape index (κ3) is 2.98. The molecule has 5 rings (SSSR count). The summed E-state index contributed by atoms with van der Waals surface area (Å²) in [5.41, 5.74) is -1.04. The lowest BCUT2D eigenvalue weighted by atomic mass is 9.87. The molecule has 0 aromatic carbocycles. The van der Waals surface area contributed by atoms with E-state index in [4.69, 9.17) is 11.6 Å². The van der Waals surface area contributed by atoms with Crippen LogP contribution in [-0.2, 0) is 4.79 Å². The molecule has 2 amide bonds. The van der Waals surface area contributed by atoms with E-state index in [2.05, 4.69) is 32.2 Å². The fraction of sp³-hybridized carbons (Fsp3) is 0.286. The van der Waals surface area contributed by atoms with E-state index in [0.29, 0.717) is 29.7 Å². The van der Waals surface area contributed by atoms with E-state index in [9.17, 15) is 14.4 Å². The van der Waals surface area contributed by atoms with Crippen LogP contribution < -0.4 is 21.2 Å². The number of hydrogen-bond acceptors (Lipinski definition) is 6. The number of aromatic amines is 1. The maximum Gasteiger partial charge on any atom is 0.294 e. The van der Waals surface area contributed by atoms with Crippen molar-refractivity contribution in [3.8, 4) is 0 Å². The molecule has 0 saturated heterocycles. The van der Waals surface area contributed by atoms with Crippen molar-refractivity contribution in [2.75, 3.05) is 10.3 Å². The highest BCUT2D eigenvalue weighted by Crippen LogP contribution is 2.35. The van der Waals surface area contributed by atoms with Gasteiger partial charge in [0.05, 0.1) is 10.4 Å². The molecule has 1 aliphatic heterocycles. The largest absolute Gasteiger partial charge is 0.346 e. The van der Waals surface area contributed by atoms with Crippen LogP contribution in [-0.4, -0.2) is 37.1 Å². The number of hydrogen-bond donors (Lipinski definition) is 3. The molecule has 3 N–H and O–H groups in total. The van der Waals surface area contributed by atoms with E-state index in [1.165, 1.54) is 17.4 Å². The Morgan fingerprint density at radius 1 is 1.25 bits per heavy atom. The average Bonchev–Trinajstić information content (AvgIpc) is 3.27. The summed E-state index contributed by atoms with van der Waals surface area (Å²) in [6.07, 6.45) is 7.84. The minimum Gasteiger partial charge on any atom is -0.346 e. The van der Waals surface area contributed by atoms with E-state index in [1.54, 1.807) is 12.3 Å². The van der Waals surface area contributed by atoms with Crippen molar-refractivity contribution >= 4 is 46.0 Å². The molecule has 2 aliphatic rings. The van der Waals surface area contributed by atoms with E-state index < -0.39 is 23.0 Å². The topological polar surface area (TPSA) is 125 Å². The first-order valence-corrected chi connectivity index (χ1v) is 10.6. The molecular weight excluding hydrogens is 434 g/mol. The lowest BCUT2D eigenvalue weighted by Crippen LogP contribution is -2.73. The predicted octanol–water partition coefficient (Wildman–Crippen LogP) is 2.57. The standard InChI is InChI=1S/C21H20ClN7O3/c1-2-15(30)29-21(7-4-3-5-8-21)27-19(31)16-13(22)10-14(20(32)28(16)29)26-18-12-6-9-23-17(12)24-11-25-18/h2,6,9-11H,1,3-5,7-8H2,(H,27,31)(H2,23,24,25,26). The van der Waals surface area contributed by atoms with Gasteiger partial charge < -0.3 is 15.6 Å². The zero-order chi connectivity index (χ0) is 22.5. The molecule has 4 heterocycles. The summed E-state index contributed by atoms with van der Waals surface area (Å²) >= 11 is 6.45. The number of rotatable bonds is 3. The Morgan fingerprint density at radius 3 is 2.78 bits per heavy atom. The van der Waals surface area contributed by atoms with Gasteiger partial charge in [-0.25, -0.2) is 19.7 Å². The molecule has 0 atom stereocenters. The summed E-state index contributed by atoms with van der Waals surface area (Å²) in [6.45, 7) is 3.59. The number of anilines is 2. The molecule has 0 radical (unpaired) electrons. The number of halogens is 1. The fourth-order valence-corrected chi connectivity index (χ4v) is 4.82. The molecular formula is C21H20ClN7O3. The van der Waals surface area contributed by atoms with Crippen LogP contribution in [0.2, 0.25) is 5.02 Å². The molecule has 3 aromatic heterocycles. The van der Waals surface area contributed by atoms with Crippen molar-refractivity contribution in [3.63, 3.8) is 0 Å². The van der Waals surface area contributed by atoms with Crippen molar-refractivity contribution in [2.45, 2.75) is 37.8 Å². The lowest BCUT2D eigenvalue weighted by molar-refractivity contribution is -0.118.